The Kier molecular flexibility index (Phi) is 10.4. The minimum Gasteiger partial charge on any atom is -0.459 e. The van der Waals surface area contributed by atoms with Crippen molar-refractivity contribution in [2.75, 3.05) is 0 Å². The molecule has 2 rings (SSSR count). The van der Waals surface area contributed by atoms with E-state index < -0.39 is 0 Å². The molecule has 2 aliphatic heterocycles. The molecule has 38 heavy (non-hydrogen) atoms. The molecule has 0 N–H and O–H groups in total. The van der Waals surface area contributed by atoms with Gasteiger partial charge in [-0.15, -0.1) is 0 Å². The van der Waals surface area contributed by atoms with Gasteiger partial charge in [0.15, 0.2) is 0 Å². The van der Waals surface area contributed by atoms with Crippen molar-refractivity contribution in [3.8, 4) is 0 Å². The highest BCUT2D eigenvalue weighted by molar-refractivity contribution is 8.74. The van der Waals surface area contributed by atoms with E-state index in [9.17, 15) is 9.59 Å². The lowest BCUT2D eigenvalue weighted by molar-refractivity contribution is -0.151. The van der Waals surface area contributed by atoms with E-state index in [1.165, 1.54) is 0 Å². The molecule has 2 aliphatic rings. The van der Waals surface area contributed by atoms with Crippen LogP contribution in [0.4, 0.5) is 0 Å². The number of esters is 2. The topological polar surface area (TPSA) is 59.1 Å². The summed E-state index contributed by atoms with van der Waals surface area (Å²) in [6.07, 6.45) is 2.80. The van der Waals surface area contributed by atoms with Crippen LogP contribution in [-0.2, 0) is 19.1 Å². The van der Waals surface area contributed by atoms with Crippen LogP contribution >= 0.6 is 22.0 Å². The molecule has 0 spiro atoms. The maximum Gasteiger partial charge on any atom is 0.333 e. The van der Waals surface area contributed by atoms with E-state index in [0.29, 0.717) is 11.1 Å². The number of nitrogens with zero attached hydrogens (tertiary/aromatic N) is 2. The molecule has 6 nitrogen and oxygen atoms in total. The van der Waals surface area contributed by atoms with Gasteiger partial charge in [-0.05, 0) is 52.4 Å². The summed E-state index contributed by atoms with van der Waals surface area (Å²) in [5.74, 6) is -0.613. The van der Waals surface area contributed by atoms with E-state index in [-0.39, 0.29) is 58.1 Å². The minimum atomic E-state index is -0.307. The standard InChI is InChI=1S/C30H52N2O4S2/c1-19(2)25(33)35-21-15-23(27(5,6)7)31(29(11,12)17-21)37-38-32-24(28(8,9)10)16-22(18-30(32,13)14)36-26(34)20(3)4/h21-24H,1,3,15-18H2,2,4-14H3. The number of rotatable bonds is 7. The molecule has 0 aliphatic carbocycles. The largest absolute Gasteiger partial charge is 0.459 e. The lowest BCUT2D eigenvalue weighted by Crippen LogP contribution is -2.59. The van der Waals surface area contributed by atoms with Crippen LogP contribution in [0.25, 0.3) is 0 Å². The second kappa shape index (κ2) is 11.9. The van der Waals surface area contributed by atoms with Crippen molar-refractivity contribution >= 4 is 33.9 Å². The van der Waals surface area contributed by atoms with Crippen molar-refractivity contribution in [3.05, 3.63) is 24.3 Å². The fourth-order valence-electron chi connectivity index (χ4n) is 5.47. The average molecular weight is 569 g/mol. The molecule has 2 heterocycles. The van der Waals surface area contributed by atoms with Crippen molar-refractivity contribution in [1.82, 2.24) is 8.61 Å². The van der Waals surface area contributed by atoms with E-state index in [4.69, 9.17) is 9.47 Å². The number of piperidine rings is 2. The third kappa shape index (κ3) is 8.28. The van der Waals surface area contributed by atoms with Crippen molar-refractivity contribution < 1.29 is 19.1 Å². The first-order valence-electron chi connectivity index (χ1n) is 13.7. The number of hydrogen-bond donors (Lipinski definition) is 0. The Morgan fingerprint density at radius 3 is 1.24 bits per heavy atom. The third-order valence-electron chi connectivity index (χ3n) is 7.62. The molecule has 2 fully saturated rings. The van der Waals surface area contributed by atoms with E-state index in [0.717, 1.165) is 25.7 Å². The Morgan fingerprint density at radius 2 is 1.00 bits per heavy atom. The number of hydrogen-bond acceptors (Lipinski definition) is 8. The Labute approximate surface area is 240 Å². The molecule has 4 unspecified atom stereocenters. The first-order valence-corrected chi connectivity index (χ1v) is 15.8. The maximum atomic E-state index is 12.3. The predicted molar refractivity (Wildman–Crippen MR) is 161 cm³/mol. The summed E-state index contributed by atoms with van der Waals surface area (Å²) < 4.78 is 16.8. The zero-order valence-electron chi connectivity index (χ0n) is 25.9. The molecule has 0 amide bonds. The lowest BCUT2D eigenvalue weighted by atomic mass is 9.76. The highest BCUT2D eigenvalue weighted by Crippen LogP contribution is 2.53. The average Bonchev–Trinajstić information content (AvgIpc) is 2.70. The van der Waals surface area contributed by atoms with Gasteiger partial charge < -0.3 is 9.47 Å². The molecular weight excluding hydrogens is 516 g/mol. The normalized spacial score (nSPS) is 28.4. The molecule has 0 aromatic heterocycles. The van der Waals surface area contributed by atoms with Crippen LogP contribution in [0.5, 0.6) is 0 Å². The highest BCUT2D eigenvalue weighted by Gasteiger charge is 2.50. The van der Waals surface area contributed by atoms with E-state index in [1.807, 2.05) is 22.0 Å². The van der Waals surface area contributed by atoms with Crippen LogP contribution in [-0.4, -0.2) is 55.9 Å². The fourth-order valence-corrected chi connectivity index (χ4v) is 9.44. The van der Waals surface area contributed by atoms with Crippen molar-refractivity contribution in [1.29, 1.82) is 0 Å². The van der Waals surface area contributed by atoms with Crippen molar-refractivity contribution in [3.63, 3.8) is 0 Å². The zero-order chi connectivity index (χ0) is 29.4. The number of carbonyl (C=O) groups is 2. The van der Waals surface area contributed by atoms with Gasteiger partial charge in [0, 0.05) is 82.0 Å². The molecule has 2 saturated heterocycles. The molecule has 0 bridgehead atoms. The third-order valence-corrected chi connectivity index (χ3v) is 10.7. The summed E-state index contributed by atoms with van der Waals surface area (Å²) in [7, 11) is 3.62. The molecule has 0 aromatic carbocycles. The van der Waals surface area contributed by atoms with Crippen LogP contribution in [0.15, 0.2) is 24.3 Å². The van der Waals surface area contributed by atoms with Crippen LogP contribution in [0.3, 0.4) is 0 Å². The smallest absolute Gasteiger partial charge is 0.333 e. The van der Waals surface area contributed by atoms with Gasteiger partial charge >= 0.3 is 11.9 Å². The first-order chi connectivity index (χ1) is 17.1. The molecule has 8 heteroatoms. The fraction of sp³-hybridized carbons (Fsp3) is 0.800. The minimum absolute atomic E-state index is 0.0121. The van der Waals surface area contributed by atoms with Gasteiger partial charge in [0.2, 0.25) is 0 Å². The SMILES string of the molecule is C=C(C)C(=O)OC1CC(C(C)(C)C)N(SSN2C(C(C)(C)C)CC(OC(=O)C(=C)C)CC2(C)C)C(C)(C)C1. The van der Waals surface area contributed by atoms with Crippen molar-refractivity contribution in [2.45, 2.75) is 144 Å². The van der Waals surface area contributed by atoms with E-state index in [1.54, 1.807) is 13.8 Å². The Bertz CT molecular complexity index is 842. The summed E-state index contributed by atoms with van der Waals surface area (Å²) in [4.78, 5) is 24.7. The van der Waals surface area contributed by atoms with Crippen LogP contribution < -0.4 is 0 Å². The summed E-state index contributed by atoms with van der Waals surface area (Å²) >= 11 is 0. The maximum absolute atomic E-state index is 12.3. The van der Waals surface area contributed by atoms with Gasteiger partial charge in [-0.25, -0.2) is 18.2 Å². The summed E-state index contributed by atoms with van der Waals surface area (Å²) in [5, 5.41) is 0. The predicted octanol–water partition coefficient (Wildman–Crippen LogP) is 7.75. The van der Waals surface area contributed by atoms with Crippen LogP contribution in [0.2, 0.25) is 0 Å². The Morgan fingerprint density at radius 1 is 0.711 bits per heavy atom. The first kappa shape index (κ1) is 33.2. The van der Waals surface area contributed by atoms with Crippen molar-refractivity contribution in [2.24, 2.45) is 10.8 Å². The molecular formula is C30H52N2O4S2. The molecule has 0 saturated carbocycles. The lowest BCUT2D eigenvalue weighted by Gasteiger charge is -2.56. The second-order valence-corrected chi connectivity index (χ2v) is 16.7. The van der Waals surface area contributed by atoms with Gasteiger partial charge in [-0.2, -0.15) is 0 Å². The molecule has 0 radical (unpaired) electrons. The quantitative estimate of drug-likeness (QED) is 0.134. The summed E-state index contributed by atoms with van der Waals surface area (Å²) in [6, 6.07) is 0.411. The summed E-state index contributed by atoms with van der Waals surface area (Å²) in [6.45, 7) is 33.5. The number of carbonyl (C=O) groups excluding carboxylic acids is 2. The van der Waals surface area contributed by atoms with Gasteiger partial charge in [0.05, 0.1) is 0 Å². The van der Waals surface area contributed by atoms with Gasteiger partial charge in [0.1, 0.15) is 12.2 Å². The van der Waals surface area contributed by atoms with E-state index >= 15 is 0 Å². The highest BCUT2D eigenvalue weighted by atomic mass is 33.1. The van der Waals surface area contributed by atoms with Gasteiger partial charge in [-0.3, -0.25) is 0 Å². The number of ether oxygens (including phenoxy) is 2. The Hall–Kier alpha value is -0.960. The van der Waals surface area contributed by atoms with Crippen LogP contribution in [0.1, 0.15) is 109 Å². The molecule has 0 aromatic rings. The summed E-state index contributed by atoms with van der Waals surface area (Å²) in [5.41, 5.74) is 0.476. The monoisotopic (exact) mass is 568 g/mol. The van der Waals surface area contributed by atoms with Gasteiger partial charge in [0.25, 0.3) is 0 Å². The van der Waals surface area contributed by atoms with E-state index in [2.05, 4.69) is 91.0 Å². The zero-order valence-corrected chi connectivity index (χ0v) is 27.5. The Balaban J connectivity index is 2.30. The molecule has 218 valence electrons. The van der Waals surface area contributed by atoms with Crippen LogP contribution in [0, 0.1) is 10.8 Å². The second-order valence-electron chi connectivity index (χ2n) is 14.7. The van der Waals surface area contributed by atoms with Gasteiger partial charge in [-0.1, -0.05) is 54.7 Å². The molecule has 4 atom stereocenters.